The normalized spacial score (nSPS) is 14.5. The summed E-state index contributed by atoms with van der Waals surface area (Å²) < 4.78 is 11.5. The largest absolute Gasteiger partial charge is 0.468 e. The summed E-state index contributed by atoms with van der Waals surface area (Å²) in [6, 6.07) is 4.99. The number of aromatic nitrogens is 2. The fourth-order valence-electron chi connectivity index (χ4n) is 3.92. The van der Waals surface area contributed by atoms with Crippen LogP contribution < -0.4 is 15.8 Å². The van der Waals surface area contributed by atoms with Gasteiger partial charge in [-0.3, -0.25) is 19.2 Å². The molecule has 1 aliphatic rings. The number of fused-ring (bicyclic) bond motifs is 2. The number of hydrogen-bond donors (Lipinski definition) is 1. The average molecular weight is 438 g/mol. The first-order valence-corrected chi connectivity index (χ1v) is 9.85. The maximum Gasteiger partial charge on any atom is 0.325 e. The molecule has 0 radical (unpaired) electrons. The first-order valence-electron chi connectivity index (χ1n) is 9.85. The highest BCUT2D eigenvalue weighted by Gasteiger charge is 2.44. The summed E-state index contributed by atoms with van der Waals surface area (Å²) >= 11 is 0. The zero-order valence-electron chi connectivity index (χ0n) is 18.3. The van der Waals surface area contributed by atoms with E-state index < -0.39 is 22.9 Å². The van der Waals surface area contributed by atoms with E-state index in [1.165, 1.54) is 22.9 Å². The lowest BCUT2D eigenvalue weighted by Crippen LogP contribution is -2.39. The Morgan fingerprint density at radius 2 is 1.97 bits per heavy atom. The molecule has 10 nitrogen and oxygen atoms in total. The number of aryl methyl sites for hydroxylation is 2. The molecular formula is C22H22N4O6. The zero-order chi connectivity index (χ0) is 23.4. The summed E-state index contributed by atoms with van der Waals surface area (Å²) in [5.74, 6) is -1.03. The summed E-state index contributed by atoms with van der Waals surface area (Å²) in [5.41, 5.74) is 0.580. The van der Waals surface area contributed by atoms with E-state index in [0.717, 1.165) is 0 Å². The quantitative estimate of drug-likeness (QED) is 0.617. The van der Waals surface area contributed by atoms with Crippen LogP contribution in [0.1, 0.15) is 35.5 Å². The first kappa shape index (κ1) is 21.3. The maximum absolute atomic E-state index is 13.1. The molecule has 1 N–H and O–H groups in total. The Bertz CT molecular complexity index is 1350. The van der Waals surface area contributed by atoms with E-state index in [-0.39, 0.29) is 34.9 Å². The number of anilines is 2. The number of methoxy groups -OCH3 is 1. The lowest BCUT2D eigenvalue weighted by atomic mass is 9.86. The molecule has 0 spiro atoms. The fourth-order valence-corrected chi connectivity index (χ4v) is 3.92. The van der Waals surface area contributed by atoms with E-state index in [0.29, 0.717) is 16.9 Å². The van der Waals surface area contributed by atoms with Crippen molar-refractivity contribution in [1.29, 1.82) is 0 Å². The van der Waals surface area contributed by atoms with Gasteiger partial charge < -0.3 is 23.9 Å². The minimum Gasteiger partial charge on any atom is -0.468 e. The van der Waals surface area contributed by atoms with Gasteiger partial charge in [0.2, 0.25) is 11.6 Å². The molecule has 166 valence electrons. The number of rotatable bonds is 4. The smallest absolute Gasteiger partial charge is 0.325 e. The van der Waals surface area contributed by atoms with Crippen LogP contribution >= 0.6 is 0 Å². The standard InChI is InChI=1S/C22H22N4O6/c1-11-16(17-19(32-11)23-10-25(4)20(17)29)18(28)24-12-6-7-14-13(8-12)22(2,3)21(30)26(14)9-15(27)31-5/h6-8,10H,9H2,1-5H3,(H,24,28). The summed E-state index contributed by atoms with van der Waals surface area (Å²) in [6.45, 7) is 4.89. The van der Waals surface area contributed by atoms with Crippen LogP contribution in [0.25, 0.3) is 11.1 Å². The zero-order valence-corrected chi connectivity index (χ0v) is 18.3. The van der Waals surface area contributed by atoms with Crippen LogP contribution in [0.4, 0.5) is 11.4 Å². The van der Waals surface area contributed by atoms with Crippen molar-refractivity contribution in [3.8, 4) is 0 Å². The van der Waals surface area contributed by atoms with Crippen molar-refractivity contribution < 1.29 is 23.5 Å². The minimum absolute atomic E-state index is 0.0925. The number of hydrogen-bond acceptors (Lipinski definition) is 7. The maximum atomic E-state index is 13.1. The predicted octanol–water partition coefficient (Wildman–Crippen LogP) is 1.88. The van der Waals surface area contributed by atoms with Crippen LogP contribution in [0.3, 0.4) is 0 Å². The van der Waals surface area contributed by atoms with E-state index >= 15 is 0 Å². The molecule has 0 saturated carbocycles. The van der Waals surface area contributed by atoms with Gasteiger partial charge in [0.25, 0.3) is 11.5 Å². The molecule has 1 aliphatic heterocycles. The SMILES string of the molecule is COC(=O)CN1C(=O)C(C)(C)c2cc(NC(=O)c3c(C)oc4ncn(C)c(=O)c34)ccc21. The van der Waals surface area contributed by atoms with Crippen LogP contribution in [0.5, 0.6) is 0 Å². The van der Waals surface area contributed by atoms with E-state index in [4.69, 9.17) is 9.15 Å². The molecule has 0 aliphatic carbocycles. The highest BCUT2D eigenvalue weighted by atomic mass is 16.5. The second kappa shape index (κ2) is 7.33. The van der Waals surface area contributed by atoms with E-state index in [1.54, 1.807) is 46.0 Å². The van der Waals surface area contributed by atoms with E-state index in [1.807, 2.05) is 0 Å². The van der Waals surface area contributed by atoms with Crippen LogP contribution in [0, 0.1) is 6.92 Å². The molecule has 0 atom stereocenters. The van der Waals surface area contributed by atoms with Gasteiger partial charge in [0.15, 0.2) is 0 Å². The average Bonchev–Trinajstić information content (AvgIpc) is 3.18. The second-order valence-corrected chi connectivity index (χ2v) is 8.15. The van der Waals surface area contributed by atoms with Crippen molar-refractivity contribution in [1.82, 2.24) is 9.55 Å². The molecule has 1 aromatic carbocycles. The van der Waals surface area contributed by atoms with Gasteiger partial charge in [-0.1, -0.05) is 0 Å². The highest BCUT2D eigenvalue weighted by Crippen LogP contribution is 2.42. The third kappa shape index (κ3) is 3.15. The van der Waals surface area contributed by atoms with Crippen LogP contribution in [-0.4, -0.2) is 41.0 Å². The third-order valence-corrected chi connectivity index (χ3v) is 5.69. The minimum atomic E-state index is -0.901. The fraction of sp³-hybridized carbons (Fsp3) is 0.318. The summed E-state index contributed by atoms with van der Waals surface area (Å²) in [4.78, 5) is 55.7. The number of ether oxygens (including phenoxy) is 1. The van der Waals surface area contributed by atoms with Crippen molar-refractivity contribution >= 4 is 40.3 Å². The Labute approximate surface area is 182 Å². The summed E-state index contributed by atoms with van der Waals surface area (Å²) in [7, 11) is 2.80. The molecule has 0 unspecified atom stereocenters. The number of benzene rings is 1. The van der Waals surface area contributed by atoms with Crippen LogP contribution in [-0.2, 0) is 26.8 Å². The molecule has 10 heteroatoms. The van der Waals surface area contributed by atoms with Crippen LogP contribution in [0.15, 0.2) is 33.7 Å². The molecule has 32 heavy (non-hydrogen) atoms. The Balaban J connectivity index is 1.71. The Morgan fingerprint density at radius 1 is 1.25 bits per heavy atom. The molecule has 0 bridgehead atoms. The van der Waals surface area contributed by atoms with E-state index in [9.17, 15) is 19.2 Å². The lowest BCUT2D eigenvalue weighted by molar-refractivity contribution is -0.140. The Hall–Kier alpha value is -3.95. The van der Waals surface area contributed by atoms with Gasteiger partial charge in [-0.05, 0) is 44.5 Å². The number of nitrogens with one attached hydrogen (secondary N) is 1. The molecule has 3 aromatic rings. The van der Waals surface area contributed by atoms with Crippen molar-refractivity contribution in [3.05, 3.63) is 51.8 Å². The van der Waals surface area contributed by atoms with Gasteiger partial charge in [0.1, 0.15) is 24.0 Å². The topological polar surface area (TPSA) is 124 Å². The highest BCUT2D eigenvalue weighted by molar-refractivity contribution is 6.14. The van der Waals surface area contributed by atoms with Gasteiger partial charge in [0.05, 0.1) is 18.1 Å². The Kier molecular flexibility index (Phi) is 4.87. The number of amides is 2. The molecule has 0 fully saturated rings. The molecule has 3 heterocycles. The van der Waals surface area contributed by atoms with Gasteiger partial charge in [-0.15, -0.1) is 0 Å². The van der Waals surface area contributed by atoms with Crippen molar-refractivity contribution in [3.63, 3.8) is 0 Å². The van der Waals surface area contributed by atoms with Crippen molar-refractivity contribution in [2.75, 3.05) is 23.9 Å². The molecule has 0 saturated heterocycles. The molecule has 4 rings (SSSR count). The van der Waals surface area contributed by atoms with Gasteiger partial charge in [0, 0.05) is 18.4 Å². The molecule has 2 amide bonds. The van der Waals surface area contributed by atoms with Crippen molar-refractivity contribution in [2.45, 2.75) is 26.2 Å². The number of nitrogens with zero attached hydrogens (tertiary/aromatic N) is 3. The number of esters is 1. The van der Waals surface area contributed by atoms with E-state index in [2.05, 4.69) is 10.3 Å². The van der Waals surface area contributed by atoms with Crippen LogP contribution in [0.2, 0.25) is 0 Å². The molecule has 2 aromatic heterocycles. The molecular weight excluding hydrogens is 416 g/mol. The number of carbonyl (C=O) groups excluding carboxylic acids is 3. The van der Waals surface area contributed by atoms with Crippen molar-refractivity contribution in [2.24, 2.45) is 7.05 Å². The lowest BCUT2D eigenvalue weighted by Gasteiger charge is -2.19. The summed E-state index contributed by atoms with van der Waals surface area (Å²) in [6.07, 6.45) is 1.33. The predicted molar refractivity (Wildman–Crippen MR) is 116 cm³/mol. The van der Waals surface area contributed by atoms with Gasteiger partial charge >= 0.3 is 5.97 Å². The number of carbonyl (C=O) groups is 3. The van der Waals surface area contributed by atoms with Gasteiger partial charge in [-0.2, -0.15) is 0 Å². The first-order chi connectivity index (χ1) is 15.1. The van der Waals surface area contributed by atoms with Gasteiger partial charge in [-0.25, -0.2) is 4.98 Å². The number of furan rings is 1. The monoisotopic (exact) mass is 438 g/mol. The Morgan fingerprint density at radius 3 is 2.66 bits per heavy atom. The summed E-state index contributed by atoms with van der Waals surface area (Å²) in [5, 5.41) is 2.88. The second-order valence-electron chi connectivity index (χ2n) is 8.15. The third-order valence-electron chi connectivity index (χ3n) is 5.69.